The molecule has 1 spiro atoms. The van der Waals surface area contributed by atoms with Gasteiger partial charge in [0, 0.05) is 36.3 Å². The fourth-order valence-electron chi connectivity index (χ4n) is 5.39. The van der Waals surface area contributed by atoms with Gasteiger partial charge in [0.2, 0.25) is 17.9 Å². The van der Waals surface area contributed by atoms with Crippen molar-refractivity contribution >= 4 is 29.3 Å². The predicted molar refractivity (Wildman–Crippen MR) is 141 cm³/mol. The maximum Gasteiger partial charge on any atom is 0.429 e. The molecule has 0 radical (unpaired) electrons. The lowest BCUT2D eigenvalue weighted by Gasteiger charge is -2.39. The van der Waals surface area contributed by atoms with Crippen molar-refractivity contribution in [2.75, 3.05) is 30.3 Å². The van der Waals surface area contributed by atoms with E-state index in [4.69, 9.17) is 22.1 Å². The Kier molecular flexibility index (Phi) is 7.30. The Morgan fingerprint density at radius 2 is 1.87 bits per heavy atom. The fourth-order valence-corrected chi connectivity index (χ4v) is 5.56. The lowest BCUT2D eigenvalue weighted by atomic mass is 9.76. The van der Waals surface area contributed by atoms with Gasteiger partial charge < -0.3 is 25.8 Å². The van der Waals surface area contributed by atoms with Crippen molar-refractivity contribution in [1.29, 1.82) is 0 Å². The smallest absolute Gasteiger partial charge is 0.429 e. The monoisotopic (exact) mass is 561 g/mol. The Bertz CT molecular complexity index is 1350. The number of rotatable bonds is 6. The van der Waals surface area contributed by atoms with E-state index in [0.717, 1.165) is 0 Å². The molecule has 2 fully saturated rings. The molecule has 0 amide bonds. The van der Waals surface area contributed by atoms with Crippen LogP contribution < -0.4 is 20.7 Å². The van der Waals surface area contributed by atoms with E-state index in [2.05, 4.69) is 15.3 Å². The molecule has 0 saturated carbocycles. The van der Waals surface area contributed by atoms with Gasteiger partial charge in [-0.15, -0.1) is 0 Å². The van der Waals surface area contributed by atoms with Crippen LogP contribution in [0.25, 0.3) is 11.1 Å². The van der Waals surface area contributed by atoms with Crippen molar-refractivity contribution in [2.24, 2.45) is 5.41 Å². The number of nitrogens with two attached hydrogens (primary N) is 1. The summed E-state index contributed by atoms with van der Waals surface area (Å²) in [5.74, 6) is -1.03. The quantitative estimate of drug-likeness (QED) is 0.381. The maximum atomic E-state index is 14.4. The van der Waals surface area contributed by atoms with Gasteiger partial charge in [-0.05, 0) is 47.9 Å². The number of carboxylic acid groups (broad SMARTS) is 1. The van der Waals surface area contributed by atoms with Crippen LogP contribution in [-0.2, 0) is 4.79 Å². The van der Waals surface area contributed by atoms with Gasteiger partial charge in [-0.2, -0.15) is 23.1 Å². The molecule has 2 aromatic carbocycles. The van der Waals surface area contributed by atoms with E-state index in [9.17, 15) is 23.1 Å². The lowest BCUT2D eigenvalue weighted by molar-refractivity contribution is -0.198. The highest BCUT2D eigenvalue weighted by atomic mass is 35.5. The first-order chi connectivity index (χ1) is 18.5. The molecule has 2 atom stereocenters. The molecule has 5 rings (SSSR count). The predicted octanol–water partition coefficient (Wildman–Crippen LogP) is 5.09. The van der Waals surface area contributed by atoms with Gasteiger partial charge in [-0.3, -0.25) is 4.79 Å². The van der Waals surface area contributed by atoms with E-state index in [-0.39, 0.29) is 22.8 Å². The van der Waals surface area contributed by atoms with Crippen molar-refractivity contribution in [3.05, 3.63) is 65.2 Å². The normalized spacial score (nSPS) is 19.7. The number of hydrogen-bond acceptors (Lipinski definition) is 7. The molecule has 0 unspecified atom stereocenters. The minimum atomic E-state index is -4.77. The highest BCUT2D eigenvalue weighted by Gasteiger charge is 2.46. The topological polar surface area (TPSA) is 114 Å². The Morgan fingerprint density at radius 3 is 2.51 bits per heavy atom. The van der Waals surface area contributed by atoms with Crippen LogP contribution in [0.5, 0.6) is 5.88 Å². The molecule has 8 nitrogen and oxygen atoms in total. The summed E-state index contributed by atoms with van der Waals surface area (Å²) >= 11 is 6.14. The molecule has 1 aromatic heterocycles. The summed E-state index contributed by atoms with van der Waals surface area (Å²) in [5, 5.41) is 12.7. The standard InChI is InChI=1S/C27H27ClF3N5O3/c28-17-6-7-18(19(12-17)16-4-2-1-3-5-16)23(27(29,30)31)39-22-13-21(34-25(32)35-22)36-10-8-26(9-11-36)14-20(24(37)38)33-15-26/h1-7,12-13,20,23,33H,8-11,14-15H2,(H,37,38)(H2,32,34,35)/t20-,23-/m0/s1. The average Bonchev–Trinajstić information content (AvgIpc) is 3.31. The fraction of sp³-hybridized carbons (Fsp3) is 0.370. The number of carbonyl (C=O) groups is 1. The first-order valence-corrected chi connectivity index (χ1v) is 12.8. The zero-order valence-corrected chi connectivity index (χ0v) is 21.5. The van der Waals surface area contributed by atoms with Crippen LogP contribution in [0.15, 0.2) is 54.6 Å². The summed E-state index contributed by atoms with van der Waals surface area (Å²) in [4.78, 5) is 21.5. The second-order valence-electron chi connectivity index (χ2n) is 10.0. The largest absolute Gasteiger partial charge is 0.480 e. The number of carboxylic acids is 1. The van der Waals surface area contributed by atoms with E-state index in [1.165, 1.54) is 24.3 Å². The van der Waals surface area contributed by atoms with Gasteiger partial charge in [0.15, 0.2) is 0 Å². The molecular weight excluding hydrogens is 535 g/mol. The number of nitrogens with one attached hydrogen (secondary N) is 1. The number of ether oxygens (including phenoxy) is 1. The number of aromatic nitrogens is 2. The zero-order chi connectivity index (χ0) is 27.8. The molecule has 3 aromatic rings. The van der Waals surface area contributed by atoms with Gasteiger partial charge in [-0.1, -0.05) is 48.0 Å². The molecule has 206 valence electrons. The Hall–Kier alpha value is -3.57. The van der Waals surface area contributed by atoms with Gasteiger partial charge in [0.05, 0.1) is 0 Å². The van der Waals surface area contributed by atoms with E-state index in [1.807, 2.05) is 4.90 Å². The Morgan fingerprint density at radius 1 is 1.15 bits per heavy atom. The molecule has 12 heteroatoms. The summed E-state index contributed by atoms with van der Waals surface area (Å²) in [6, 6.07) is 13.6. The molecule has 3 heterocycles. The zero-order valence-electron chi connectivity index (χ0n) is 20.8. The van der Waals surface area contributed by atoms with Crippen molar-refractivity contribution < 1.29 is 27.8 Å². The van der Waals surface area contributed by atoms with Crippen molar-refractivity contribution in [2.45, 2.75) is 37.6 Å². The number of aliphatic carboxylic acids is 1. The van der Waals surface area contributed by atoms with Crippen molar-refractivity contribution in [3.8, 4) is 17.0 Å². The van der Waals surface area contributed by atoms with Crippen LogP contribution in [-0.4, -0.2) is 52.9 Å². The summed E-state index contributed by atoms with van der Waals surface area (Å²) in [7, 11) is 0. The van der Waals surface area contributed by atoms with Gasteiger partial charge >= 0.3 is 12.1 Å². The van der Waals surface area contributed by atoms with Crippen LogP contribution >= 0.6 is 11.6 Å². The first-order valence-electron chi connectivity index (χ1n) is 12.5. The second-order valence-corrected chi connectivity index (χ2v) is 10.5. The minimum absolute atomic E-state index is 0.113. The molecule has 39 heavy (non-hydrogen) atoms. The van der Waals surface area contributed by atoms with Crippen LogP contribution in [0.4, 0.5) is 24.9 Å². The summed E-state index contributed by atoms with van der Waals surface area (Å²) in [5.41, 5.74) is 6.49. The van der Waals surface area contributed by atoms with Crippen LogP contribution in [0.3, 0.4) is 0 Å². The number of alkyl halides is 3. The highest BCUT2D eigenvalue weighted by Crippen LogP contribution is 2.43. The highest BCUT2D eigenvalue weighted by molar-refractivity contribution is 6.30. The SMILES string of the molecule is Nc1nc(O[C@@H](c2ccc(Cl)cc2-c2ccccc2)C(F)(F)F)cc(N2CCC3(CC2)CN[C@H](C(=O)O)C3)n1. The van der Waals surface area contributed by atoms with Gasteiger partial charge in [-0.25, -0.2) is 0 Å². The van der Waals surface area contributed by atoms with Crippen LogP contribution in [0.2, 0.25) is 5.02 Å². The molecule has 4 N–H and O–H groups in total. The van der Waals surface area contributed by atoms with Gasteiger partial charge in [0.25, 0.3) is 0 Å². The van der Waals surface area contributed by atoms with Crippen molar-refractivity contribution in [3.63, 3.8) is 0 Å². The maximum absolute atomic E-state index is 14.4. The summed E-state index contributed by atoms with van der Waals surface area (Å²) in [6.45, 7) is 1.69. The molecule has 2 aliphatic heterocycles. The number of nitrogens with zero attached hydrogens (tertiary/aromatic N) is 3. The minimum Gasteiger partial charge on any atom is -0.480 e. The van der Waals surface area contributed by atoms with Gasteiger partial charge in [0.1, 0.15) is 11.9 Å². The number of piperidine rings is 1. The van der Waals surface area contributed by atoms with E-state index < -0.39 is 24.3 Å². The van der Waals surface area contributed by atoms with Crippen LogP contribution in [0, 0.1) is 5.41 Å². The number of nitrogen functional groups attached to an aromatic ring is 1. The van der Waals surface area contributed by atoms with Crippen LogP contribution in [0.1, 0.15) is 30.9 Å². The Balaban J connectivity index is 1.40. The number of anilines is 2. The van der Waals surface area contributed by atoms with E-state index >= 15 is 0 Å². The first kappa shape index (κ1) is 27.0. The lowest BCUT2D eigenvalue weighted by Crippen LogP contribution is -2.41. The Labute approximate surface area is 228 Å². The third-order valence-electron chi connectivity index (χ3n) is 7.43. The van der Waals surface area contributed by atoms with Crippen molar-refractivity contribution in [1.82, 2.24) is 15.3 Å². The molecule has 0 bridgehead atoms. The third-order valence-corrected chi connectivity index (χ3v) is 7.67. The van der Waals surface area contributed by atoms with E-state index in [1.54, 1.807) is 30.3 Å². The molecule has 0 aliphatic carbocycles. The van der Waals surface area contributed by atoms with E-state index in [0.29, 0.717) is 60.9 Å². The number of hydrogen-bond donors (Lipinski definition) is 3. The number of halogens is 4. The summed E-state index contributed by atoms with van der Waals surface area (Å²) in [6.07, 6.45) is -5.16. The average molecular weight is 562 g/mol. The number of benzene rings is 2. The summed E-state index contributed by atoms with van der Waals surface area (Å²) < 4.78 is 48.7. The molecule has 2 aliphatic rings. The second kappa shape index (κ2) is 10.5. The molecule has 2 saturated heterocycles. The molecular formula is C27H27ClF3N5O3. The third kappa shape index (κ3) is 5.89.